The Kier molecular flexibility index (Phi) is 5.22. The van der Waals surface area contributed by atoms with Crippen molar-refractivity contribution in [1.29, 1.82) is 0 Å². The summed E-state index contributed by atoms with van der Waals surface area (Å²) in [5, 5.41) is 18.4. The smallest absolute Gasteiger partial charge is 0.365 e. The number of benzene rings is 2. The summed E-state index contributed by atoms with van der Waals surface area (Å²) in [5.74, 6) is -0.729. The number of aromatic nitrogens is 2. The Balaban J connectivity index is 1.67. The van der Waals surface area contributed by atoms with E-state index in [0.717, 1.165) is 5.56 Å². The molecule has 9 nitrogen and oxygen atoms in total. The van der Waals surface area contributed by atoms with Gasteiger partial charge >= 0.3 is 5.97 Å². The van der Waals surface area contributed by atoms with E-state index in [9.17, 15) is 14.9 Å². The molecule has 0 fully saturated rings. The first-order valence-electron chi connectivity index (χ1n) is 7.89. The lowest BCUT2D eigenvalue weighted by Crippen LogP contribution is -2.15. The van der Waals surface area contributed by atoms with Crippen molar-refractivity contribution < 1.29 is 14.6 Å². The van der Waals surface area contributed by atoms with Crippen molar-refractivity contribution in [3.05, 3.63) is 93.8 Å². The molecular weight excluding hydrogens is 350 g/mol. The lowest BCUT2D eigenvalue weighted by molar-refractivity contribution is -0.384. The first-order valence-corrected chi connectivity index (χ1v) is 7.89. The number of amidine groups is 1. The Morgan fingerprint density at radius 3 is 2.63 bits per heavy atom. The zero-order chi connectivity index (χ0) is 19.2. The van der Waals surface area contributed by atoms with Gasteiger partial charge in [0.1, 0.15) is 0 Å². The van der Waals surface area contributed by atoms with Gasteiger partial charge in [-0.3, -0.25) is 14.8 Å². The number of carbonyl (C=O) groups is 1. The van der Waals surface area contributed by atoms with Crippen molar-refractivity contribution in [3.8, 4) is 0 Å². The van der Waals surface area contributed by atoms with Crippen molar-refractivity contribution in [2.24, 2.45) is 10.9 Å². The van der Waals surface area contributed by atoms with Gasteiger partial charge in [0.2, 0.25) is 0 Å². The highest BCUT2D eigenvalue weighted by molar-refractivity contribution is 5.98. The number of nitro benzene ring substituents is 1. The molecule has 1 aromatic heterocycles. The Bertz CT molecular complexity index is 981. The molecule has 2 aromatic carbocycles. The van der Waals surface area contributed by atoms with Crippen LogP contribution in [0.5, 0.6) is 0 Å². The quantitative estimate of drug-likeness (QED) is 0.235. The fourth-order valence-electron chi connectivity index (χ4n) is 2.33. The second-order valence-electron chi connectivity index (χ2n) is 5.56. The summed E-state index contributed by atoms with van der Waals surface area (Å²) in [5.41, 5.74) is 7.29. The van der Waals surface area contributed by atoms with E-state index in [1.54, 1.807) is 29.1 Å². The lowest BCUT2D eigenvalue weighted by Gasteiger charge is -2.05. The van der Waals surface area contributed by atoms with Gasteiger partial charge < -0.3 is 10.6 Å². The van der Waals surface area contributed by atoms with E-state index in [1.807, 2.05) is 18.3 Å². The normalized spacial score (nSPS) is 11.2. The molecule has 2 N–H and O–H groups in total. The zero-order valence-electron chi connectivity index (χ0n) is 14.1. The number of nitrogens with zero attached hydrogens (tertiary/aromatic N) is 4. The van der Waals surface area contributed by atoms with E-state index < -0.39 is 10.9 Å². The van der Waals surface area contributed by atoms with Crippen LogP contribution in [-0.2, 0) is 11.4 Å². The maximum absolute atomic E-state index is 12.2. The number of nitrogens with two attached hydrogens (primary N) is 1. The van der Waals surface area contributed by atoms with Gasteiger partial charge in [-0.15, -0.1) is 0 Å². The second kappa shape index (κ2) is 7.91. The Hall–Kier alpha value is -4.01. The van der Waals surface area contributed by atoms with Crippen LogP contribution in [0.3, 0.4) is 0 Å². The van der Waals surface area contributed by atoms with E-state index in [-0.39, 0.29) is 11.5 Å². The van der Waals surface area contributed by atoms with Gasteiger partial charge in [0.25, 0.3) is 5.69 Å². The largest absolute Gasteiger partial charge is 0.380 e. The standard InChI is InChI=1S/C18H15N5O4/c19-17(14-5-7-16(8-6-14)23(25)26)21-27-18(24)15-4-1-3-13(11-15)12-22-10-2-9-20-22/h1-11H,12H2,(H2,19,21). The minimum Gasteiger partial charge on any atom is -0.380 e. The average molecular weight is 365 g/mol. The van der Waals surface area contributed by atoms with Gasteiger partial charge in [-0.25, -0.2) is 4.79 Å². The Labute approximate surface area is 153 Å². The van der Waals surface area contributed by atoms with Crippen LogP contribution in [0, 0.1) is 10.1 Å². The second-order valence-corrected chi connectivity index (χ2v) is 5.56. The van der Waals surface area contributed by atoms with E-state index in [1.165, 1.54) is 24.3 Å². The first-order chi connectivity index (χ1) is 13.0. The minimum absolute atomic E-state index is 0.0639. The molecule has 0 bridgehead atoms. The topological polar surface area (TPSA) is 126 Å². The first kappa shape index (κ1) is 17.8. The van der Waals surface area contributed by atoms with Crippen molar-refractivity contribution in [3.63, 3.8) is 0 Å². The van der Waals surface area contributed by atoms with Crippen LogP contribution < -0.4 is 5.73 Å². The predicted octanol–water partition coefficient (Wildman–Crippen LogP) is 2.32. The third-order valence-corrected chi connectivity index (χ3v) is 3.67. The zero-order valence-corrected chi connectivity index (χ0v) is 14.1. The highest BCUT2D eigenvalue weighted by Gasteiger charge is 2.10. The van der Waals surface area contributed by atoms with E-state index in [2.05, 4.69) is 10.3 Å². The summed E-state index contributed by atoms with van der Waals surface area (Å²) in [6.45, 7) is 0.516. The number of hydrogen-bond acceptors (Lipinski definition) is 6. The molecule has 9 heteroatoms. The van der Waals surface area contributed by atoms with Gasteiger partial charge in [0, 0.05) is 30.1 Å². The molecule has 0 aliphatic rings. The molecule has 136 valence electrons. The van der Waals surface area contributed by atoms with E-state index >= 15 is 0 Å². The van der Waals surface area contributed by atoms with Gasteiger partial charge in [-0.1, -0.05) is 17.3 Å². The number of carbonyl (C=O) groups excluding carboxylic acids is 1. The Morgan fingerprint density at radius 1 is 1.19 bits per heavy atom. The molecular formula is C18H15N5O4. The number of rotatable bonds is 6. The predicted molar refractivity (Wildman–Crippen MR) is 97.0 cm³/mol. The molecule has 0 radical (unpaired) electrons. The van der Waals surface area contributed by atoms with Crippen LogP contribution >= 0.6 is 0 Å². The molecule has 0 aliphatic heterocycles. The molecule has 1 heterocycles. The van der Waals surface area contributed by atoms with E-state index in [0.29, 0.717) is 17.7 Å². The maximum atomic E-state index is 12.2. The van der Waals surface area contributed by atoms with Gasteiger partial charge in [-0.2, -0.15) is 5.10 Å². The van der Waals surface area contributed by atoms with Crippen molar-refractivity contribution in [1.82, 2.24) is 9.78 Å². The molecule has 3 aromatic rings. The fraction of sp³-hybridized carbons (Fsp3) is 0.0556. The van der Waals surface area contributed by atoms with Crippen LogP contribution in [0.25, 0.3) is 0 Å². The van der Waals surface area contributed by atoms with Gasteiger partial charge in [0.05, 0.1) is 17.0 Å². The number of hydrogen-bond donors (Lipinski definition) is 1. The maximum Gasteiger partial charge on any atom is 0.365 e. The number of nitro groups is 1. The molecule has 27 heavy (non-hydrogen) atoms. The van der Waals surface area contributed by atoms with Crippen molar-refractivity contribution in [2.75, 3.05) is 0 Å². The molecule has 0 amide bonds. The summed E-state index contributed by atoms with van der Waals surface area (Å²) in [7, 11) is 0. The molecule has 0 unspecified atom stereocenters. The van der Waals surface area contributed by atoms with Crippen LogP contribution in [0.4, 0.5) is 5.69 Å². The molecule has 3 rings (SSSR count). The highest BCUT2D eigenvalue weighted by atomic mass is 16.7. The summed E-state index contributed by atoms with van der Waals surface area (Å²) in [6, 6.07) is 14.1. The molecule has 0 atom stereocenters. The van der Waals surface area contributed by atoms with Crippen LogP contribution in [0.2, 0.25) is 0 Å². The van der Waals surface area contributed by atoms with Crippen molar-refractivity contribution in [2.45, 2.75) is 6.54 Å². The van der Waals surface area contributed by atoms with Crippen LogP contribution in [-0.4, -0.2) is 26.5 Å². The molecule has 0 spiro atoms. The average Bonchev–Trinajstić information content (AvgIpc) is 3.19. The minimum atomic E-state index is -0.665. The SMILES string of the molecule is N/C(=N\OC(=O)c1cccc(Cn2cccn2)c1)c1ccc([N+](=O)[O-])cc1. The summed E-state index contributed by atoms with van der Waals surface area (Å²) < 4.78 is 1.73. The van der Waals surface area contributed by atoms with E-state index in [4.69, 9.17) is 10.6 Å². The third kappa shape index (κ3) is 4.54. The molecule has 0 aliphatic carbocycles. The summed E-state index contributed by atoms with van der Waals surface area (Å²) in [4.78, 5) is 27.2. The number of non-ortho nitro benzene ring substituents is 1. The summed E-state index contributed by atoms with van der Waals surface area (Å²) >= 11 is 0. The van der Waals surface area contributed by atoms with Crippen LogP contribution in [0.1, 0.15) is 21.5 Å². The van der Waals surface area contributed by atoms with Crippen LogP contribution in [0.15, 0.2) is 72.1 Å². The lowest BCUT2D eigenvalue weighted by atomic mass is 10.1. The Morgan fingerprint density at radius 2 is 1.96 bits per heavy atom. The summed E-state index contributed by atoms with van der Waals surface area (Å²) in [6.07, 6.45) is 3.49. The number of oxime groups is 1. The van der Waals surface area contributed by atoms with Crippen molar-refractivity contribution >= 4 is 17.5 Å². The molecule has 0 saturated carbocycles. The fourth-order valence-corrected chi connectivity index (χ4v) is 2.33. The van der Waals surface area contributed by atoms with Gasteiger partial charge in [0.15, 0.2) is 5.84 Å². The van der Waals surface area contributed by atoms with Gasteiger partial charge in [-0.05, 0) is 35.9 Å². The molecule has 0 saturated heterocycles. The monoisotopic (exact) mass is 365 g/mol. The third-order valence-electron chi connectivity index (χ3n) is 3.67. The highest BCUT2D eigenvalue weighted by Crippen LogP contribution is 2.12.